The van der Waals surface area contributed by atoms with E-state index in [0.29, 0.717) is 5.75 Å². The van der Waals surface area contributed by atoms with Crippen molar-refractivity contribution < 1.29 is 9.53 Å². The highest BCUT2D eigenvalue weighted by atomic mass is 16.5. The topological polar surface area (TPSA) is 26.3 Å². The third-order valence-electron chi connectivity index (χ3n) is 6.95. The number of hydrogen-bond donors (Lipinski definition) is 0. The number of unbranched alkanes of at least 4 members (excludes halogenated alkanes) is 2. The van der Waals surface area contributed by atoms with Crippen molar-refractivity contribution in [2.75, 3.05) is 0 Å². The fourth-order valence-electron chi connectivity index (χ4n) is 5.36. The molecular formula is C25H38O2. The monoisotopic (exact) mass is 370 g/mol. The summed E-state index contributed by atoms with van der Waals surface area (Å²) < 4.78 is 5.71. The first kappa shape index (κ1) is 20.4. The second-order valence-electron chi connectivity index (χ2n) is 9.02. The van der Waals surface area contributed by atoms with Crippen molar-refractivity contribution in [3.63, 3.8) is 0 Å². The number of rotatable bonds is 8. The average Bonchev–Trinajstić information content (AvgIpc) is 2.69. The lowest BCUT2D eigenvalue weighted by molar-refractivity contribution is -0.141. The molecule has 1 aromatic rings. The Morgan fingerprint density at radius 3 is 2.41 bits per heavy atom. The summed E-state index contributed by atoms with van der Waals surface area (Å²) in [7, 11) is 0. The molecule has 0 aromatic heterocycles. The predicted octanol–water partition coefficient (Wildman–Crippen LogP) is 6.96. The molecule has 150 valence electrons. The Bertz CT molecular complexity index is 576. The number of aryl methyl sites for hydroxylation is 1. The Morgan fingerprint density at radius 2 is 1.67 bits per heavy atom. The molecular weight excluding hydrogens is 332 g/mol. The van der Waals surface area contributed by atoms with E-state index in [0.717, 1.165) is 43.4 Å². The minimum absolute atomic E-state index is 0.00163. The lowest BCUT2D eigenvalue weighted by Crippen LogP contribution is -2.35. The molecule has 2 fully saturated rings. The number of ether oxygens (including phenoxy) is 1. The first-order valence-corrected chi connectivity index (χ1v) is 11.5. The molecule has 1 aromatic carbocycles. The number of fused-ring (bicyclic) bond motifs is 1. The van der Waals surface area contributed by atoms with Gasteiger partial charge in [0.1, 0.15) is 5.75 Å². The molecule has 2 aliphatic carbocycles. The van der Waals surface area contributed by atoms with Gasteiger partial charge in [-0.15, -0.1) is 0 Å². The van der Waals surface area contributed by atoms with Gasteiger partial charge in [-0.25, -0.2) is 0 Å². The van der Waals surface area contributed by atoms with E-state index >= 15 is 0 Å². The van der Waals surface area contributed by atoms with Gasteiger partial charge < -0.3 is 4.74 Å². The van der Waals surface area contributed by atoms with Gasteiger partial charge in [0.25, 0.3) is 0 Å². The molecule has 2 aliphatic rings. The zero-order chi connectivity index (χ0) is 19.1. The predicted molar refractivity (Wildman–Crippen MR) is 112 cm³/mol. The van der Waals surface area contributed by atoms with E-state index < -0.39 is 0 Å². The molecule has 2 heteroatoms. The summed E-state index contributed by atoms with van der Waals surface area (Å²) >= 11 is 0. The highest BCUT2D eigenvalue weighted by Gasteiger charge is 2.38. The summed E-state index contributed by atoms with van der Waals surface area (Å²) in [5.41, 5.74) is 1.31. The Balaban J connectivity index is 1.46. The van der Waals surface area contributed by atoms with Crippen molar-refractivity contribution in [1.82, 2.24) is 0 Å². The van der Waals surface area contributed by atoms with Gasteiger partial charge in [0, 0.05) is 0 Å². The molecule has 0 N–H and O–H groups in total. The van der Waals surface area contributed by atoms with Crippen molar-refractivity contribution in [3.05, 3.63) is 29.8 Å². The molecule has 3 rings (SSSR count). The molecule has 2 nitrogen and oxygen atoms in total. The van der Waals surface area contributed by atoms with Gasteiger partial charge >= 0.3 is 5.97 Å². The first-order valence-electron chi connectivity index (χ1n) is 11.5. The van der Waals surface area contributed by atoms with E-state index in [4.69, 9.17) is 4.74 Å². The summed E-state index contributed by atoms with van der Waals surface area (Å²) in [5, 5.41) is 0. The molecule has 4 unspecified atom stereocenters. The van der Waals surface area contributed by atoms with Crippen molar-refractivity contribution in [1.29, 1.82) is 0 Å². The maximum absolute atomic E-state index is 12.7. The zero-order valence-electron chi connectivity index (χ0n) is 17.4. The lowest BCUT2D eigenvalue weighted by atomic mass is 9.64. The highest BCUT2D eigenvalue weighted by Crippen LogP contribution is 2.46. The van der Waals surface area contributed by atoms with Crippen molar-refractivity contribution in [2.24, 2.45) is 23.7 Å². The van der Waals surface area contributed by atoms with Gasteiger partial charge in [-0.3, -0.25) is 4.79 Å². The number of benzene rings is 1. The van der Waals surface area contributed by atoms with Gasteiger partial charge in [0.2, 0.25) is 0 Å². The van der Waals surface area contributed by atoms with E-state index in [1.165, 1.54) is 56.9 Å². The number of carbonyl (C=O) groups excluding carboxylic acids is 1. The number of esters is 1. The van der Waals surface area contributed by atoms with Crippen LogP contribution >= 0.6 is 0 Å². The van der Waals surface area contributed by atoms with Crippen LogP contribution in [0.2, 0.25) is 0 Å². The van der Waals surface area contributed by atoms with Gasteiger partial charge in [-0.05, 0) is 74.0 Å². The van der Waals surface area contributed by atoms with Crippen LogP contribution in [-0.2, 0) is 11.2 Å². The van der Waals surface area contributed by atoms with E-state index in [1.807, 2.05) is 12.1 Å². The SMILES string of the molecule is CCCCCC1CCC2CC(C(=O)Oc3ccc(CCC)cc3)CCC2C1. The third-order valence-corrected chi connectivity index (χ3v) is 6.95. The molecule has 0 heterocycles. The molecule has 0 saturated heterocycles. The fourth-order valence-corrected chi connectivity index (χ4v) is 5.36. The minimum atomic E-state index is 0.00163. The number of hydrogen-bond acceptors (Lipinski definition) is 2. The normalized spacial score (nSPS) is 27.8. The average molecular weight is 371 g/mol. The summed E-state index contributed by atoms with van der Waals surface area (Å²) in [5.74, 6) is 3.39. The van der Waals surface area contributed by atoms with Crippen LogP contribution in [0.3, 0.4) is 0 Å². The molecule has 0 spiro atoms. The Hall–Kier alpha value is -1.31. The van der Waals surface area contributed by atoms with Crippen LogP contribution in [0.1, 0.15) is 90.0 Å². The molecule has 2 saturated carbocycles. The van der Waals surface area contributed by atoms with Crippen LogP contribution in [0.5, 0.6) is 5.75 Å². The maximum Gasteiger partial charge on any atom is 0.314 e. The van der Waals surface area contributed by atoms with Crippen LogP contribution < -0.4 is 4.74 Å². The van der Waals surface area contributed by atoms with Gasteiger partial charge in [-0.1, -0.05) is 64.5 Å². The number of carbonyl (C=O) groups is 1. The largest absolute Gasteiger partial charge is 0.426 e. The van der Waals surface area contributed by atoms with Gasteiger partial charge in [0.05, 0.1) is 5.92 Å². The molecule has 0 bridgehead atoms. The quantitative estimate of drug-likeness (QED) is 0.281. The zero-order valence-corrected chi connectivity index (χ0v) is 17.4. The Labute approximate surface area is 166 Å². The van der Waals surface area contributed by atoms with Crippen molar-refractivity contribution >= 4 is 5.97 Å². The Kier molecular flexibility index (Phi) is 7.79. The summed E-state index contributed by atoms with van der Waals surface area (Å²) in [6.07, 6.45) is 15.2. The van der Waals surface area contributed by atoms with Crippen molar-refractivity contribution in [3.8, 4) is 5.75 Å². The Morgan fingerprint density at radius 1 is 0.926 bits per heavy atom. The van der Waals surface area contributed by atoms with Crippen LogP contribution in [0.15, 0.2) is 24.3 Å². The minimum Gasteiger partial charge on any atom is -0.426 e. The van der Waals surface area contributed by atoms with Crippen LogP contribution in [0, 0.1) is 23.7 Å². The second kappa shape index (κ2) is 10.3. The van der Waals surface area contributed by atoms with Crippen molar-refractivity contribution in [2.45, 2.75) is 90.9 Å². The van der Waals surface area contributed by atoms with Gasteiger partial charge in [0.15, 0.2) is 0 Å². The van der Waals surface area contributed by atoms with Crippen LogP contribution in [0.25, 0.3) is 0 Å². The maximum atomic E-state index is 12.7. The summed E-state index contributed by atoms with van der Waals surface area (Å²) in [6, 6.07) is 8.08. The van der Waals surface area contributed by atoms with E-state index in [2.05, 4.69) is 26.0 Å². The van der Waals surface area contributed by atoms with E-state index in [1.54, 1.807) is 0 Å². The second-order valence-corrected chi connectivity index (χ2v) is 9.02. The molecule has 27 heavy (non-hydrogen) atoms. The van der Waals surface area contributed by atoms with E-state index in [-0.39, 0.29) is 11.9 Å². The summed E-state index contributed by atoms with van der Waals surface area (Å²) in [6.45, 7) is 4.47. The fraction of sp³-hybridized carbons (Fsp3) is 0.720. The first-order chi connectivity index (χ1) is 13.2. The lowest BCUT2D eigenvalue weighted by Gasteiger charge is -2.41. The van der Waals surface area contributed by atoms with Crippen LogP contribution in [-0.4, -0.2) is 5.97 Å². The van der Waals surface area contributed by atoms with Crippen LogP contribution in [0.4, 0.5) is 0 Å². The van der Waals surface area contributed by atoms with Gasteiger partial charge in [-0.2, -0.15) is 0 Å². The molecule has 0 radical (unpaired) electrons. The summed E-state index contributed by atoms with van der Waals surface area (Å²) in [4.78, 5) is 12.7. The van der Waals surface area contributed by atoms with E-state index in [9.17, 15) is 4.79 Å². The highest BCUT2D eigenvalue weighted by molar-refractivity contribution is 5.75. The molecule has 0 aliphatic heterocycles. The standard InChI is InChI=1S/C25H38O2/c1-3-5-6-8-20-9-12-22-18-23(14-13-21(22)17-20)25(26)27-24-15-10-19(7-4-2)11-16-24/h10-11,15-16,20-23H,3-9,12-14,17-18H2,1-2H3. The molecule has 0 amide bonds. The smallest absolute Gasteiger partial charge is 0.314 e. The third kappa shape index (κ3) is 5.83. The molecule has 4 atom stereocenters.